The predicted octanol–water partition coefficient (Wildman–Crippen LogP) is 7.57. The maximum absolute atomic E-state index is 2.44. The molecule has 28 heavy (non-hydrogen) atoms. The minimum Gasteiger partial charge on any atom is -0.300 e. The van der Waals surface area contributed by atoms with Crippen molar-refractivity contribution in [1.29, 1.82) is 0 Å². The van der Waals surface area contributed by atoms with Gasteiger partial charge < -0.3 is 0 Å². The summed E-state index contributed by atoms with van der Waals surface area (Å²) in [6.07, 6.45) is 15.0. The van der Waals surface area contributed by atoms with Crippen molar-refractivity contribution in [2.45, 2.75) is 67.3 Å². The molecule has 0 aromatic heterocycles. The van der Waals surface area contributed by atoms with E-state index in [-0.39, 0.29) is 0 Å². The van der Waals surface area contributed by atoms with Crippen molar-refractivity contribution in [2.75, 3.05) is 13.1 Å². The van der Waals surface area contributed by atoms with Gasteiger partial charge in [0.2, 0.25) is 0 Å². The molecular weight excluding hydrogens is 338 g/mol. The van der Waals surface area contributed by atoms with Gasteiger partial charge in [0.15, 0.2) is 0 Å². The molecule has 0 spiro atoms. The van der Waals surface area contributed by atoms with Crippen LogP contribution in [0.15, 0.2) is 65.3 Å². The lowest BCUT2D eigenvalue weighted by molar-refractivity contribution is 0.296. The van der Waals surface area contributed by atoms with Crippen LogP contribution in [0.1, 0.15) is 71.9 Å². The van der Waals surface area contributed by atoms with Crippen molar-refractivity contribution >= 4 is 6.08 Å². The highest BCUT2D eigenvalue weighted by molar-refractivity contribution is 5.52. The highest BCUT2D eigenvalue weighted by Crippen LogP contribution is 2.40. The van der Waals surface area contributed by atoms with Gasteiger partial charge in [-0.1, -0.05) is 93.5 Å². The second kappa shape index (κ2) is 10.6. The largest absolute Gasteiger partial charge is 0.300 e. The van der Waals surface area contributed by atoms with Crippen LogP contribution in [0.2, 0.25) is 0 Å². The highest BCUT2D eigenvalue weighted by atomic mass is 15.1. The van der Waals surface area contributed by atoms with Crippen LogP contribution in [0.5, 0.6) is 0 Å². The van der Waals surface area contributed by atoms with Crippen molar-refractivity contribution in [2.24, 2.45) is 5.41 Å². The van der Waals surface area contributed by atoms with Crippen molar-refractivity contribution in [3.8, 4) is 0 Å². The number of hydrogen-bond donors (Lipinski definition) is 0. The molecule has 0 radical (unpaired) electrons. The Hall–Kier alpha value is -1.86. The fraction of sp³-hybridized carbons (Fsp3) is 0.481. The van der Waals surface area contributed by atoms with Gasteiger partial charge in [-0.3, -0.25) is 4.90 Å². The van der Waals surface area contributed by atoms with Gasteiger partial charge in [0.25, 0.3) is 0 Å². The molecule has 0 unspecified atom stereocenters. The molecule has 0 heterocycles. The summed E-state index contributed by atoms with van der Waals surface area (Å²) in [5, 5.41) is 0. The zero-order valence-electron chi connectivity index (χ0n) is 18.9. The Bertz CT molecular complexity index is 737. The second-order valence-corrected chi connectivity index (χ2v) is 8.74. The van der Waals surface area contributed by atoms with Crippen molar-refractivity contribution in [3.05, 3.63) is 76.4 Å². The fourth-order valence-corrected chi connectivity index (χ4v) is 4.03. The van der Waals surface area contributed by atoms with Crippen LogP contribution in [-0.2, 0) is 6.54 Å². The van der Waals surface area contributed by atoms with Crippen molar-refractivity contribution in [1.82, 2.24) is 4.90 Å². The molecule has 0 fully saturated rings. The molecule has 1 aliphatic carbocycles. The van der Waals surface area contributed by atoms with E-state index in [9.17, 15) is 0 Å². The van der Waals surface area contributed by atoms with E-state index in [1.807, 2.05) is 0 Å². The molecule has 1 nitrogen and oxygen atoms in total. The Morgan fingerprint density at radius 2 is 1.75 bits per heavy atom. The standard InChI is InChI=1S/C27H39N/c1-7-28(8-2)21-25-17-15-24(16-18-25)13-9-11-22(3)14-19-26-23(4)12-10-20-27(26,5)6/h9,11,13-19H,7-8,10,12,20-21H2,1-6H3. The van der Waals surface area contributed by atoms with E-state index in [2.05, 4.69) is 101 Å². The first kappa shape index (κ1) is 22.4. The van der Waals surface area contributed by atoms with E-state index in [4.69, 9.17) is 0 Å². The molecule has 0 saturated carbocycles. The molecule has 0 amide bonds. The van der Waals surface area contributed by atoms with Gasteiger partial charge in [0.05, 0.1) is 0 Å². The van der Waals surface area contributed by atoms with Gasteiger partial charge in [-0.15, -0.1) is 0 Å². The monoisotopic (exact) mass is 377 g/mol. The molecule has 1 heteroatoms. The topological polar surface area (TPSA) is 3.24 Å². The number of rotatable bonds is 8. The van der Waals surface area contributed by atoms with Crippen LogP contribution in [0.25, 0.3) is 6.08 Å². The summed E-state index contributed by atoms with van der Waals surface area (Å²) in [5.41, 5.74) is 7.32. The van der Waals surface area contributed by atoms with Gasteiger partial charge in [-0.05, 0) is 68.3 Å². The average Bonchev–Trinajstić information content (AvgIpc) is 2.66. The van der Waals surface area contributed by atoms with Crippen LogP contribution in [0.3, 0.4) is 0 Å². The summed E-state index contributed by atoms with van der Waals surface area (Å²) in [5.74, 6) is 0. The predicted molar refractivity (Wildman–Crippen MR) is 125 cm³/mol. The Morgan fingerprint density at radius 1 is 1.07 bits per heavy atom. The SMILES string of the molecule is CCN(CC)Cc1ccc(C=CC=C(C)C=CC2=C(C)CCCC2(C)C)cc1. The maximum atomic E-state index is 2.44. The minimum atomic E-state index is 0.307. The number of allylic oxidation sites excluding steroid dienone is 7. The first-order valence-corrected chi connectivity index (χ1v) is 10.9. The molecule has 0 saturated heterocycles. The van der Waals surface area contributed by atoms with Crippen LogP contribution in [0.4, 0.5) is 0 Å². The third kappa shape index (κ3) is 6.63. The summed E-state index contributed by atoms with van der Waals surface area (Å²) in [4.78, 5) is 2.44. The number of hydrogen-bond acceptors (Lipinski definition) is 1. The van der Waals surface area contributed by atoms with Gasteiger partial charge in [0, 0.05) is 6.54 Å². The van der Waals surface area contributed by atoms with Crippen molar-refractivity contribution in [3.63, 3.8) is 0 Å². The molecule has 152 valence electrons. The van der Waals surface area contributed by atoms with E-state index in [1.54, 1.807) is 5.57 Å². The summed E-state index contributed by atoms with van der Waals surface area (Å²) >= 11 is 0. The van der Waals surface area contributed by atoms with E-state index in [0.29, 0.717) is 5.41 Å². The summed E-state index contributed by atoms with van der Waals surface area (Å²) in [6.45, 7) is 16.9. The Labute approximate surface area is 173 Å². The Balaban J connectivity index is 1.98. The molecule has 0 aliphatic heterocycles. The Morgan fingerprint density at radius 3 is 2.36 bits per heavy atom. The van der Waals surface area contributed by atoms with E-state index in [0.717, 1.165) is 19.6 Å². The number of benzene rings is 1. The molecule has 0 atom stereocenters. The second-order valence-electron chi connectivity index (χ2n) is 8.74. The van der Waals surface area contributed by atoms with E-state index < -0.39 is 0 Å². The van der Waals surface area contributed by atoms with Crippen LogP contribution in [-0.4, -0.2) is 18.0 Å². The first-order valence-electron chi connectivity index (χ1n) is 10.9. The molecular formula is C27H39N. The molecule has 0 bridgehead atoms. The van der Waals surface area contributed by atoms with Gasteiger partial charge in [-0.2, -0.15) is 0 Å². The van der Waals surface area contributed by atoms with Crippen LogP contribution < -0.4 is 0 Å². The quantitative estimate of drug-likeness (QED) is 0.422. The molecule has 0 N–H and O–H groups in total. The third-order valence-electron chi connectivity index (χ3n) is 5.98. The van der Waals surface area contributed by atoms with Gasteiger partial charge in [0.1, 0.15) is 0 Å². The molecule has 1 aliphatic rings. The summed E-state index contributed by atoms with van der Waals surface area (Å²) in [6, 6.07) is 8.92. The smallest absolute Gasteiger partial charge is 0.0233 e. The lowest BCUT2D eigenvalue weighted by Gasteiger charge is -2.32. The molecule has 1 aromatic rings. The fourth-order valence-electron chi connectivity index (χ4n) is 4.03. The minimum absolute atomic E-state index is 0.307. The zero-order chi connectivity index (χ0) is 20.6. The lowest BCUT2D eigenvalue weighted by atomic mass is 9.72. The van der Waals surface area contributed by atoms with Crippen LogP contribution in [0, 0.1) is 5.41 Å². The maximum Gasteiger partial charge on any atom is 0.0233 e. The Kier molecular flexibility index (Phi) is 8.51. The normalized spacial score (nSPS) is 18.0. The van der Waals surface area contributed by atoms with E-state index in [1.165, 1.54) is 41.5 Å². The van der Waals surface area contributed by atoms with Crippen molar-refractivity contribution < 1.29 is 0 Å². The average molecular weight is 378 g/mol. The molecule has 2 rings (SSSR count). The summed E-state index contributed by atoms with van der Waals surface area (Å²) in [7, 11) is 0. The van der Waals surface area contributed by atoms with E-state index >= 15 is 0 Å². The van der Waals surface area contributed by atoms with Crippen LogP contribution >= 0.6 is 0 Å². The molecule has 1 aromatic carbocycles. The first-order chi connectivity index (χ1) is 13.4. The summed E-state index contributed by atoms with van der Waals surface area (Å²) < 4.78 is 0. The number of nitrogens with zero attached hydrogens (tertiary/aromatic N) is 1. The zero-order valence-corrected chi connectivity index (χ0v) is 18.9. The van der Waals surface area contributed by atoms with Gasteiger partial charge >= 0.3 is 0 Å². The third-order valence-corrected chi connectivity index (χ3v) is 5.98. The lowest BCUT2D eigenvalue weighted by Crippen LogP contribution is -2.21. The van der Waals surface area contributed by atoms with Gasteiger partial charge in [-0.25, -0.2) is 0 Å². The highest BCUT2D eigenvalue weighted by Gasteiger charge is 2.26.